The zero-order valence-corrected chi connectivity index (χ0v) is 9.20. The fourth-order valence-electron chi connectivity index (χ4n) is 1.79. The van der Waals surface area contributed by atoms with Crippen LogP contribution in [-0.4, -0.2) is 47.3 Å². The number of hydrogen-bond acceptors (Lipinski definition) is 4. The molecule has 0 saturated carbocycles. The summed E-state index contributed by atoms with van der Waals surface area (Å²) in [6.45, 7) is 2.14. The molecule has 17 heavy (non-hydrogen) atoms. The monoisotopic (exact) mass is 232 g/mol. The average Bonchev–Trinajstić information content (AvgIpc) is 2.39. The van der Waals surface area contributed by atoms with Crippen LogP contribution in [0.1, 0.15) is 5.56 Å². The van der Waals surface area contributed by atoms with Crippen LogP contribution >= 0.6 is 0 Å². The molecular formula is C11H12N4O2. The normalized spacial score (nSPS) is 15.5. The largest absolute Gasteiger partial charge is 0.465 e. The van der Waals surface area contributed by atoms with Gasteiger partial charge in [-0.05, 0) is 12.1 Å². The van der Waals surface area contributed by atoms with E-state index in [1.165, 1.54) is 4.90 Å². The quantitative estimate of drug-likeness (QED) is 0.772. The summed E-state index contributed by atoms with van der Waals surface area (Å²) in [5.41, 5.74) is 0.565. The second-order valence-corrected chi connectivity index (χ2v) is 3.77. The molecule has 0 radical (unpaired) electrons. The van der Waals surface area contributed by atoms with Crippen LogP contribution in [0.2, 0.25) is 0 Å². The number of pyridine rings is 1. The Morgan fingerprint density at radius 1 is 1.41 bits per heavy atom. The van der Waals surface area contributed by atoms with Gasteiger partial charge in [-0.25, -0.2) is 9.78 Å². The maximum Gasteiger partial charge on any atom is 0.407 e. The number of anilines is 1. The molecule has 2 heterocycles. The molecule has 6 heteroatoms. The van der Waals surface area contributed by atoms with Crippen LogP contribution in [0, 0.1) is 11.3 Å². The minimum atomic E-state index is -0.886. The molecule has 1 aromatic rings. The van der Waals surface area contributed by atoms with Crippen molar-refractivity contribution in [3.05, 3.63) is 23.9 Å². The first-order valence-corrected chi connectivity index (χ1v) is 5.29. The van der Waals surface area contributed by atoms with E-state index in [1.54, 1.807) is 18.3 Å². The van der Waals surface area contributed by atoms with Crippen molar-refractivity contribution in [2.45, 2.75) is 0 Å². The molecule has 88 valence electrons. The smallest absolute Gasteiger partial charge is 0.407 e. The maximum atomic E-state index is 10.7. The minimum Gasteiger partial charge on any atom is -0.465 e. The molecule has 0 unspecified atom stereocenters. The van der Waals surface area contributed by atoms with Gasteiger partial charge in [-0.1, -0.05) is 0 Å². The van der Waals surface area contributed by atoms with Crippen molar-refractivity contribution in [2.75, 3.05) is 31.1 Å². The van der Waals surface area contributed by atoms with Gasteiger partial charge >= 0.3 is 6.09 Å². The molecule has 6 nitrogen and oxygen atoms in total. The molecule has 1 saturated heterocycles. The summed E-state index contributed by atoms with van der Waals surface area (Å²) in [5, 5.41) is 17.6. The van der Waals surface area contributed by atoms with Gasteiger partial charge in [0.2, 0.25) is 0 Å². The molecule has 0 aromatic carbocycles. The Hall–Kier alpha value is -2.29. The molecule has 0 spiro atoms. The van der Waals surface area contributed by atoms with E-state index in [1.807, 2.05) is 4.90 Å². The summed E-state index contributed by atoms with van der Waals surface area (Å²) in [6.07, 6.45) is 0.709. The Labute approximate surface area is 98.7 Å². The van der Waals surface area contributed by atoms with Crippen LogP contribution in [0.4, 0.5) is 10.6 Å². The molecule has 1 aliphatic heterocycles. The Balaban J connectivity index is 2.05. The highest BCUT2D eigenvalue weighted by Crippen LogP contribution is 2.14. The first kappa shape index (κ1) is 11.2. The van der Waals surface area contributed by atoms with Crippen molar-refractivity contribution in [3.63, 3.8) is 0 Å². The third-order valence-corrected chi connectivity index (χ3v) is 2.75. The van der Waals surface area contributed by atoms with Crippen LogP contribution in [0.3, 0.4) is 0 Å². The lowest BCUT2D eigenvalue weighted by Crippen LogP contribution is -2.48. The molecule has 1 aromatic heterocycles. The van der Waals surface area contributed by atoms with Gasteiger partial charge in [0.1, 0.15) is 5.82 Å². The number of rotatable bonds is 1. The maximum absolute atomic E-state index is 10.7. The van der Waals surface area contributed by atoms with E-state index >= 15 is 0 Å². The Bertz CT molecular complexity index is 461. The van der Waals surface area contributed by atoms with Crippen molar-refractivity contribution in [2.24, 2.45) is 0 Å². The summed E-state index contributed by atoms with van der Waals surface area (Å²) < 4.78 is 0. The average molecular weight is 232 g/mol. The molecule has 0 atom stereocenters. The SMILES string of the molecule is N#Cc1ccnc(N2CCN(C(=O)O)CC2)c1. The van der Waals surface area contributed by atoms with Crippen molar-refractivity contribution >= 4 is 11.9 Å². The molecular weight excluding hydrogens is 220 g/mol. The first-order valence-electron chi connectivity index (χ1n) is 5.29. The fraction of sp³-hybridized carbons (Fsp3) is 0.364. The van der Waals surface area contributed by atoms with E-state index in [-0.39, 0.29) is 0 Å². The van der Waals surface area contributed by atoms with Crippen molar-refractivity contribution in [1.29, 1.82) is 5.26 Å². The van der Waals surface area contributed by atoms with E-state index in [9.17, 15) is 4.79 Å². The Morgan fingerprint density at radius 3 is 2.71 bits per heavy atom. The van der Waals surface area contributed by atoms with Gasteiger partial charge in [-0.15, -0.1) is 0 Å². The lowest BCUT2D eigenvalue weighted by molar-refractivity contribution is 0.142. The molecule has 0 aliphatic carbocycles. The lowest BCUT2D eigenvalue weighted by Gasteiger charge is -2.33. The first-order chi connectivity index (χ1) is 8.20. The van der Waals surface area contributed by atoms with Gasteiger partial charge in [0.15, 0.2) is 0 Å². The lowest BCUT2D eigenvalue weighted by atomic mass is 10.2. The summed E-state index contributed by atoms with van der Waals surface area (Å²) in [7, 11) is 0. The number of piperazine rings is 1. The molecule has 2 rings (SSSR count). The minimum absolute atomic E-state index is 0.466. The summed E-state index contributed by atoms with van der Waals surface area (Å²) in [5.74, 6) is 0.731. The van der Waals surface area contributed by atoms with Gasteiger partial charge in [0.25, 0.3) is 0 Å². The van der Waals surface area contributed by atoms with Gasteiger partial charge in [0, 0.05) is 32.4 Å². The predicted octanol–water partition coefficient (Wildman–Crippen LogP) is 0.753. The van der Waals surface area contributed by atoms with Gasteiger partial charge in [-0.2, -0.15) is 5.26 Å². The van der Waals surface area contributed by atoms with Gasteiger partial charge in [0.05, 0.1) is 11.6 Å². The van der Waals surface area contributed by atoms with Crippen LogP contribution < -0.4 is 4.90 Å². The van der Waals surface area contributed by atoms with Crippen molar-refractivity contribution in [1.82, 2.24) is 9.88 Å². The van der Waals surface area contributed by atoms with E-state index < -0.39 is 6.09 Å². The number of amides is 1. The number of carbonyl (C=O) groups is 1. The zero-order chi connectivity index (χ0) is 12.3. The zero-order valence-electron chi connectivity index (χ0n) is 9.20. The molecule has 1 N–H and O–H groups in total. The number of aromatic nitrogens is 1. The molecule has 1 fully saturated rings. The van der Waals surface area contributed by atoms with Gasteiger partial charge < -0.3 is 14.9 Å². The number of nitriles is 1. The number of hydrogen-bond donors (Lipinski definition) is 1. The van der Waals surface area contributed by atoms with Crippen LogP contribution in [-0.2, 0) is 0 Å². The topological polar surface area (TPSA) is 80.5 Å². The van der Waals surface area contributed by atoms with Crippen LogP contribution in [0.15, 0.2) is 18.3 Å². The second kappa shape index (κ2) is 4.70. The highest BCUT2D eigenvalue weighted by atomic mass is 16.4. The number of carboxylic acid groups (broad SMARTS) is 1. The van der Waals surface area contributed by atoms with Crippen molar-refractivity contribution in [3.8, 4) is 6.07 Å². The van der Waals surface area contributed by atoms with E-state index in [0.29, 0.717) is 31.7 Å². The Kier molecular flexibility index (Phi) is 3.10. The van der Waals surface area contributed by atoms with Crippen molar-refractivity contribution < 1.29 is 9.90 Å². The van der Waals surface area contributed by atoms with E-state index in [0.717, 1.165) is 5.82 Å². The second-order valence-electron chi connectivity index (χ2n) is 3.77. The third-order valence-electron chi connectivity index (χ3n) is 2.75. The van der Waals surface area contributed by atoms with E-state index in [2.05, 4.69) is 11.1 Å². The standard InChI is InChI=1S/C11H12N4O2/c12-8-9-1-2-13-10(7-9)14-3-5-15(6-4-14)11(16)17/h1-2,7H,3-6H2,(H,16,17). The summed E-state index contributed by atoms with van der Waals surface area (Å²) in [6, 6.07) is 5.43. The van der Waals surface area contributed by atoms with Gasteiger partial charge in [-0.3, -0.25) is 0 Å². The third kappa shape index (κ3) is 2.45. The van der Waals surface area contributed by atoms with E-state index in [4.69, 9.17) is 10.4 Å². The fourth-order valence-corrected chi connectivity index (χ4v) is 1.79. The number of nitrogens with zero attached hydrogens (tertiary/aromatic N) is 4. The highest BCUT2D eigenvalue weighted by molar-refractivity contribution is 5.65. The predicted molar refractivity (Wildman–Crippen MR) is 60.8 cm³/mol. The molecule has 1 aliphatic rings. The summed E-state index contributed by atoms with van der Waals surface area (Å²) >= 11 is 0. The molecule has 0 bridgehead atoms. The van der Waals surface area contributed by atoms with Crippen LogP contribution in [0.5, 0.6) is 0 Å². The Morgan fingerprint density at radius 2 is 2.12 bits per heavy atom. The molecule has 1 amide bonds. The van der Waals surface area contributed by atoms with Crippen LogP contribution in [0.25, 0.3) is 0 Å². The summed E-state index contributed by atoms with van der Waals surface area (Å²) in [4.78, 5) is 18.3. The highest BCUT2D eigenvalue weighted by Gasteiger charge is 2.21.